The Hall–Kier alpha value is -1.35. The lowest BCUT2D eigenvalue weighted by atomic mass is 9.99. The van der Waals surface area contributed by atoms with Gasteiger partial charge in [0.15, 0.2) is 0 Å². The van der Waals surface area contributed by atoms with Crippen LogP contribution in [0.3, 0.4) is 0 Å². The number of pyridine rings is 1. The molecule has 2 aromatic rings. The molecule has 1 fully saturated rings. The summed E-state index contributed by atoms with van der Waals surface area (Å²) in [5.74, 6) is 2.72. The van der Waals surface area contributed by atoms with Crippen molar-refractivity contribution in [3.63, 3.8) is 0 Å². The number of aromatic nitrogens is 1. The van der Waals surface area contributed by atoms with Crippen LogP contribution in [0.4, 0.5) is 0 Å². The first-order valence-corrected chi connectivity index (χ1v) is 7.43. The van der Waals surface area contributed by atoms with Gasteiger partial charge in [0.2, 0.25) is 0 Å². The third kappa shape index (κ3) is 2.41. The van der Waals surface area contributed by atoms with Crippen molar-refractivity contribution >= 4 is 28.4 Å². The summed E-state index contributed by atoms with van der Waals surface area (Å²) in [4.78, 5) is 16.7. The molecular weight excluding hydrogens is 242 g/mol. The maximum atomic E-state index is 12.1. The summed E-state index contributed by atoms with van der Waals surface area (Å²) >= 11 is 1.88. The van der Waals surface area contributed by atoms with E-state index in [-0.39, 0.29) is 5.92 Å². The molecule has 1 atom stereocenters. The minimum atomic E-state index is 0.253. The zero-order valence-corrected chi connectivity index (χ0v) is 11.0. The first-order chi connectivity index (χ1) is 8.83. The van der Waals surface area contributed by atoms with Crippen molar-refractivity contribution in [2.24, 2.45) is 5.92 Å². The predicted octanol–water partition coefficient (Wildman–Crippen LogP) is 3.10. The van der Waals surface area contributed by atoms with Crippen molar-refractivity contribution < 1.29 is 4.79 Å². The Kier molecular flexibility index (Phi) is 3.33. The molecule has 2 nitrogen and oxygen atoms in total. The summed E-state index contributed by atoms with van der Waals surface area (Å²) in [5, 5.41) is 1.13. The Balaban J connectivity index is 1.79. The smallest absolute Gasteiger partial charge is 0.142 e. The molecule has 0 saturated carbocycles. The molecule has 0 bridgehead atoms. The highest BCUT2D eigenvalue weighted by molar-refractivity contribution is 7.99. The second-order valence-corrected chi connectivity index (χ2v) is 5.85. The van der Waals surface area contributed by atoms with Crippen molar-refractivity contribution in [3.05, 3.63) is 42.1 Å². The number of benzene rings is 1. The highest BCUT2D eigenvalue weighted by Gasteiger charge is 2.23. The number of para-hydroxylation sites is 1. The maximum absolute atomic E-state index is 12.1. The van der Waals surface area contributed by atoms with E-state index in [1.807, 2.05) is 48.2 Å². The number of nitrogens with zero attached hydrogens (tertiary/aromatic N) is 1. The van der Waals surface area contributed by atoms with Gasteiger partial charge in [0.05, 0.1) is 5.52 Å². The van der Waals surface area contributed by atoms with Crippen LogP contribution in [-0.4, -0.2) is 22.3 Å². The van der Waals surface area contributed by atoms with Gasteiger partial charge in [-0.3, -0.25) is 9.78 Å². The van der Waals surface area contributed by atoms with Crippen LogP contribution < -0.4 is 0 Å². The zero-order chi connectivity index (χ0) is 12.4. The number of hydrogen-bond donors (Lipinski definition) is 0. The first-order valence-electron chi connectivity index (χ1n) is 6.28. The Morgan fingerprint density at radius 3 is 3.00 bits per heavy atom. The average molecular weight is 257 g/mol. The third-order valence-electron chi connectivity index (χ3n) is 3.40. The van der Waals surface area contributed by atoms with Crippen LogP contribution in [0, 0.1) is 5.92 Å². The summed E-state index contributed by atoms with van der Waals surface area (Å²) in [6.07, 6.45) is 1.52. The van der Waals surface area contributed by atoms with E-state index in [0.29, 0.717) is 12.2 Å². The van der Waals surface area contributed by atoms with Gasteiger partial charge >= 0.3 is 0 Å². The number of fused-ring (bicyclic) bond motifs is 1. The van der Waals surface area contributed by atoms with Gasteiger partial charge in [0.25, 0.3) is 0 Å². The van der Waals surface area contributed by atoms with Crippen LogP contribution in [0.1, 0.15) is 12.1 Å². The standard InChI is InChI=1S/C15H15NOS/c17-15(12-7-8-18-10-12)9-13-6-5-11-3-1-2-4-14(11)16-13/h1-6,12H,7-10H2. The van der Waals surface area contributed by atoms with E-state index in [4.69, 9.17) is 0 Å². The van der Waals surface area contributed by atoms with Crippen LogP contribution in [0.15, 0.2) is 36.4 Å². The van der Waals surface area contributed by atoms with Crippen molar-refractivity contribution in [2.75, 3.05) is 11.5 Å². The van der Waals surface area contributed by atoms with Crippen LogP contribution in [-0.2, 0) is 11.2 Å². The molecule has 1 aromatic carbocycles. The van der Waals surface area contributed by atoms with Gasteiger partial charge in [-0.05, 0) is 24.3 Å². The minimum absolute atomic E-state index is 0.253. The van der Waals surface area contributed by atoms with Crippen LogP contribution in [0.25, 0.3) is 10.9 Å². The van der Waals surface area contributed by atoms with E-state index < -0.39 is 0 Å². The number of Topliss-reactive ketones (excluding diaryl/α,β-unsaturated/α-hetero) is 1. The number of ketones is 1. The van der Waals surface area contributed by atoms with Crippen molar-refractivity contribution in [3.8, 4) is 0 Å². The molecule has 1 aromatic heterocycles. The number of rotatable bonds is 3. The summed E-state index contributed by atoms with van der Waals surface area (Å²) in [6.45, 7) is 0. The summed E-state index contributed by atoms with van der Waals surface area (Å²) < 4.78 is 0. The Labute approximate surface area is 111 Å². The van der Waals surface area contributed by atoms with Crippen molar-refractivity contribution in [1.29, 1.82) is 0 Å². The van der Waals surface area contributed by atoms with Gasteiger partial charge in [-0.25, -0.2) is 0 Å². The molecule has 0 aliphatic carbocycles. The van der Waals surface area contributed by atoms with Crippen LogP contribution >= 0.6 is 11.8 Å². The fourth-order valence-electron chi connectivity index (χ4n) is 2.32. The van der Waals surface area contributed by atoms with Gasteiger partial charge in [0.1, 0.15) is 5.78 Å². The lowest BCUT2D eigenvalue weighted by molar-refractivity contribution is -0.121. The number of hydrogen-bond acceptors (Lipinski definition) is 3. The highest BCUT2D eigenvalue weighted by atomic mass is 32.2. The molecule has 3 heteroatoms. The maximum Gasteiger partial charge on any atom is 0.142 e. The third-order valence-corrected chi connectivity index (χ3v) is 4.56. The minimum Gasteiger partial charge on any atom is -0.299 e. The summed E-state index contributed by atoms with van der Waals surface area (Å²) in [5.41, 5.74) is 1.87. The van der Waals surface area contributed by atoms with E-state index in [9.17, 15) is 4.79 Å². The Bertz CT molecular complexity index is 575. The SMILES string of the molecule is O=C(Cc1ccc2ccccc2n1)C1CCSC1. The molecule has 1 saturated heterocycles. The molecule has 0 amide bonds. The number of carbonyl (C=O) groups is 1. The second kappa shape index (κ2) is 5.11. The topological polar surface area (TPSA) is 30.0 Å². The van der Waals surface area contributed by atoms with E-state index in [1.54, 1.807) is 0 Å². The molecule has 1 aliphatic rings. The largest absolute Gasteiger partial charge is 0.299 e. The van der Waals surface area contributed by atoms with Crippen LogP contribution in [0.5, 0.6) is 0 Å². The molecule has 2 heterocycles. The molecule has 0 N–H and O–H groups in total. The fraction of sp³-hybridized carbons (Fsp3) is 0.333. The van der Waals surface area contributed by atoms with E-state index in [1.165, 1.54) is 0 Å². The molecule has 18 heavy (non-hydrogen) atoms. The van der Waals surface area contributed by atoms with Crippen LogP contribution in [0.2, 0.25) is 0 Å². The predicted molar refractivity (Wildman–Crippen MR) is 75.9 cm³/mol. The molecule has 1 unspecified atom stereocenters. The number of thioether (sulfide) groups is 1. The zero-order valence-electron chi connectivity index (χ0n) is 10.1. The Morgan fingerprint density at radius 2 is 2.17 bits per heavy atom. The van der Waals surface area contributed by atoms with Gasteiger partial charge < -0.3 is 0 Å². The monoisotopic (exact) mass is 257 g/mol. The van der Waals surface area contributed by atoms with E-state index >= 15 is 0 Å². The molecule has 92 valence electrons. The first kappa shape index (κ1) is 11.7. The molecule has 1 aliphatic heterocycles. The molecule has 0 radical (unpaired) electrons. The second-order valence-electron chi connectivity index (χ2n) is 4.70. The Morgan fingerprint density at radius 1 is 1.28 bits per heavy atom. The highest BCUT2D eigenvalue weighted by Crippen LogP contribution is 2.25. The van der Waals surface area contributed by atoms with Gasteiger partial charge in [-0.2, -0.15) is 11.8 Å². The molecule has 3 rings (SSSR count). The van der Waals surface area contributed by atoms with Crippen molar-refractivity contribution in [1.82, 2.24) is 4.98 Å². The lowest BCUT2D eigenvalue weighted by Crippen LogP contribution is -2.16. The molecule has 0 spiro atoms. The summed E-state index contributed by atoms with van der Waals surface area (Å²) in [7, 11) is 0. The lowest BCUT2D eigenvalue weighted by Gasteiger charge is -2.07. The molecular formula is C15H15NOS. The van der Waals surface area contributed by atoms with Crippen molar-refractivity contribution in [2.45, 2.75) is 12.8 Å². The normalized spacial score (nSPS) is 19.2. The van der Waals surface area contributed by atoms with Gasteiger partial charge in [-0.15, -0.1) is 0 Å². The van der Waals surface area contributed by atoms with E-state index in [2.05, 4.69) is 4.98 Å². The summed E-state index contributed by atoms with van der Waals surface area (Å²) in [6, 6.07) is 12.0. The van der Waals surface area contributed by atoms with Gasteiger partial charge in [0, 0.05) is 29.2 Å². The average Bonchev–Trinajstić information content (AvgIpc) is 2.92. The number of carbonyl (C=O) groups excluding carboxylic acids is 1. The quantitative estimate of drug-likeness (QED) is 0.846. The fourth-order valence-corrected chi connectivity index (χ4v) is 3.57. The van der Waals surface area contributed by atoms with Gasteiger partial charge in [-0.1, -0.05) is 24.3 Å². The van der Waals surface area contributed by atoms with E-state index in [0.717, 1.165) is 34.5 Å².